The second-order valence-electron chi connectivity index (χ2n) is 6.93. The van der Waals surface area contributed by atoms with Crippen LogP contribution in [0.25, 0.3) is 0 Å². The molecule has 8 heteroatoms. The predicted molar refractivity (Wildman–Crippen MR) is 116 cm³/mol. The van der Waals surface area contributed by atoms with Gasteiger partial charge in [-0.2, -0.15) is 0 Å². The molecule has 0 unspecified atom stereocenters. The van der Waals surface area contributed by atoms with Crippen LogP contribution in [0, 0.1) is 0 Å². The van der Waals surface area contributed by atoms with E-state index in [-0.39, 0.29) is 5.75 Å². The summed E-state index contributed by atoms with van der Waals surface area (Å²) >= 11 is 0. The van der Waals surface area contributed by atoms with Gasteiger partial charge in [0, 0.05) is 31.9 Å². The molecule has 150 valence electrons. The van der Waals surface area contributed by atoms with Crippen molar-refractivity contribution in [3.05, 3.63) is 78.6 Å². The van der Waals surface area contributed by atoms with Crippen LogP contribution in [0.3, 0.4) is 0 Å². The Bertz CT molecular complexity index is 1020. The molecule has 0 radical (unpaired) electrons. The van der Waals surface area contributed by atoms with Crippen molar-refractivity contribution in [2.45, 2.75) is 5.75 Å². The molecule has 0 atom stereocenters. The summed E-state index contributed by atoms with van der Waals surface area (Å²) in [6, 6.07) is 19.4. The Morgan fingerprint density at radius 2 is 1.34 bits per heavy atom. The summed E-state index contributed by atoms with van der Waals surface area (Å²) in [6.07, 6.45) is 3.04. The van der Waals surface area contributed by atoms with E-state index < -0.39 is 10.0 Å². The number of nitrogens with one attached hydrogen (secondary N) is 1. The van der Waals surface area contributed by atoms with Crippen LogP contribution in [0.5, 0.6) is 0 Å². The van der Waals surface area contributed by atoms with Gasteiger partial charge in [-0.15, -0.1) is 0 Å². The van der Waals surface area contributed by atoms with Gasteiger partial charge >= 0.3 is 0 Å². The van der Waals surface area contributed by atoms with Crippen LogP contribution < -0.4 is 14.5 Å². The largest absolute Gasteiger partial charge is 0.368 e. The molecule has 1 aliphatic rings. The van der Waals surface area contributed by atoms with Gasteiger partial charge in [0.25, 0.3) is 0 Å². The maximum atomic E-state index is 12.3. The lowest BCUT2D eigenvalue weighted by molar-refractivity contribution is 0.600. The molecule has 0 aliphatic carbocycles. The first-order valence-electron chi connectivity index (χ1n) is 9.50. The summed E-state index contributed by atoms with van der Waals surface area (Å²) in [5.74, 6) is 0.528. The van der Waals surface area contributed by atoms with Crippen molar-refractivity contribution in [3.8, 4) is 0 Å². The smallest absolute Gasteiger partial charge is 0.237 e. The summed E-state index contributed by atoms with van der Waals surface area (Å²) in [4.78, 5) is 13.2. The van der Waals surface area contributed by atoms with Gasteiger partial charge in [0.05, 0.1) is 23.8 Å². The van der Waals surface area contributed by atoms with Gasteiger partial charge in [-0.1, -0.05) is 48.5 Å². The number of para-hydroxylation sites is 1. The summed E-state index contributed by atoms with van der Waals surface area (Å²) in [5.41, 5.74) is 2.32. The van der Waals surface area contributed by atoms with Crippen LogP contribution in [-0.2, 0) is 15.8 Å². The standard InChI is InChI=1S/C21H23N5O2S/c27-29(28,17-18-7-3-1-4-8-18)24-19-15-22-21(23-16-19)26-13-11-25(12-14-26)20-9-5-2-6-10-20/h1-10,15-16,24H,11-14,17H2. The van der Waals surface area contributed by atoms with Gasteiger partial charge in [-0.05, 0) is 17.7 Å². The van der Waals surface area contributed by atoms with Crippen molar-refractivity contribution in [1.82, 2.24) is 9.97 Å². The topological polar surface area (TPSA) is 78.4 Å². The fraction of sp³-hybridized carbons (Fsp3) is 0.238. The lowest BCUT2D eigenvalue weighted by atomic mass is 10.2. The van der Waals surface area contributed by atoms with E-state index in [9.17, 15) is 8.42 Å². The van der Waals surface area contributed by atoms with E-state index in [1.165, 1.54) is 18.1 Å². The predicted octanol–water partition coefficient (Wildman–Crippen LogP) is 2.75. The summed E-state index contributed by atoms with van der Waals surface area (Å²) < 4.78 is 27.2. The lowest BCUT2D eigenvalue weighted by Crippen LogP contribution is -2.47. The van der Waals surface area contributed by atoms with Crippen LogP contribution >= 0.6 is 0 Å². The van der Waals surface area contributed by atoms with Crippen LogP contribution in [0.15, 0.2) is 73.1 Å². The van der Waals surface area contributed by atoms with E-state index in [2.05, 4.69) is 36.6 Å². The van der Waals surface area contributed by atoms with Gasteiger partial charge in [0.1, 0.15) is 0 Å². The van der Waals surface area contributed by atoms with E-state index in [4.69, 9.17) is 0 Å². The van der Waals surface area contributed by atoms with Crippen molar-refractivity contribution >= 4 is 27.3 Å². The quantitative estimate of drug-likeness (QED) is 0.675. The average molecular weight is 410 g/mol. The summed E-state index contributed by atoms with van der Waals surface area (Å²) in [7, 11) is -3.51. The number of hydrogen-bond donors (Lipinski definition) is 1. The maximum Gasteiger partial charge on any atom is 0.237 e. The molecule has 0 amide bonds. The highest BCUT2D eigenvalue weighted by atomic mass is 32.2. The molecule has 1 fully saturated rings. The SMILES string of the molecule is O=S(=O)(Cc1ccccc1)Nc1cnc(N2CCN(c3ccccc3)CC2)nc1. The Morgan fingerprint density at radius 1 is 0.793 bits per heavy atom. The van der Waals surface area contributed by atoms with Gasteiger partial charge in [-0.25, -0.2) is 18.4 Å². The Morgan fingerprint density at radius 3 is 1.97 bits per heavy atom. The summed E-state index contributed by atoms with van der Waals surface area (Å²) in [5, 5.41) is 0. The molecule has 4 rings (SSSR count). The molecule has 29 heavy (non-hydrogen) atoms. The minimum absolute atomic E-state index is 0.0863. The van der Waals surface area contributed by atoms with Gasteiger partial charge in [0.15, 0.2) is 0 Å². The number of piperazine rings is 1. The zero-order valence-electron chi connectivity index (χ0n) is 16.0. The number of anilines is 3. The van der Waals surface area contributed by atoms with E-state index >= 15 is 0 Å². The number of benzene rings is 2. The van der Waals surface area contributed by atoms with Crippen molar-refractivity contribution < 1.29 is 8.42 Å². The Kier molecular flexibility index (Phi) is 5.62. The van der Waals surface area contributed by atoms with E-state index in [0.717, 1.165) is 31.7 Å². The number of sulfonamides is 1. The van der Waals surface area contributed by atoms with Crippen molar-refractivity contribution in [1.29, 1.82) is 0 Å². The first-order chi connectivity index (χ1) is 14.1. The third-order valence-corrected chi connectivity index (χ3v) is 6.06. The second kappa shape index (κ2) is 8.48. The number of hydrogen-bond acceptors (Lipinski definition) is 6. The Labute approximate surface area is 171 Å². The molecule has 2 heterocycles. The van der Waals surface area contributed by atoms with Gasteiger partial charge in [0.2, 0.25) is 16.0 Å². The fourth-order valence-electron chi connectivity index (χ4n) is 3.35. The molecular weight excluding hydrogens is 386 g/mol. The summed E-state index contributed by atoms with van der Waals surface area (Å²) in [6.45, 7) is 3.40. The highest BCUT2D eigenvalue weighted by Crippen LogP contribution is 2.19. The lowest BCUT2D eigenvalue weighted by Gasteiger charge is -2.36. The molecule has 0 bridgehead atoms. The van der Waals surface area contributed by atoms with E-state index in [1.807, 2.05) is 36.4 Å². The molecule has 0 spiro atoms. The molecule has 3 aromatic rings. The van der Waals surface area contributed by atoms with Crippen molar-refractivity contribution in [2.24, 2.45) is 0 Å². The molecule has 2 aromatic carbocycles. The minimum atomic E-state index is -3.51. The molecule has 7 nitrogen and oxygen atoms in total. The molecule has 1 saturated heterocycles. The van der Waals surface area contributed by atoms with Gasteiger partial charge < -0.3 is 9.80 Å². The highest BCUT2D eigenvalue weighted by Gasteiger charge is 2.19. The van der Waals surface area contributed by atoms with Gasteiger partial charge in [-0.3, -0.25) is 4.72 Å². The molecule has 0 saturated carbocycles. The van der Waals surface area contributed by atoms with E-state index in [1.54, 1.807) is 12.1 Å². The molecule has 1 aromatic heterocycles. The first-order valence-corrected chi connectivity index (χ1v) is 11.2. The average Bonchev–Trinajstić information content (AvgIpc) is 2.75. The zero-order valence-corrected chi connectivity index (χ0v) is 16.8. The van der Waals surface area contributed by atoms with Crippen LogP contribution in [-0.4, -0.2) is 44.6 Å². The molecule has 1 aliphatic heterocycles. The first kappa shape index (κ1) is 19.2. The van der Waals surface area contributed by atoms with Crippen LogP contribution in [0.4, 0.5) is 17.3 Å². The minimum Gasteiger partial charge on any atom is -0.368 e. The van der Waals surface area contributed by atoms with Crippen LogP contribution in [0.2, 0.25) is 0 Å². The monoisotopic (exact) mass is 409 g/mol. The third-order valence-electron chi connectivity index (χ3n) is 4.79. The number of nitrogens with zero attached hydrogens (tertiary/aromatic N) is 4. The third kappa shape index (κ3) is 5.03. The van der Waals surface area contributed by atoms with Crippen molar-refractivity contribution in [3.63, 3.8) is 0 Å². The van der Waals surface area contributed by atoms with Crippen LogP contribution in [0.1, 0.15) is 5.56 Å². The second-order valence-corrected chi connectivity index (χ2v) is 8.65. The number of rotatable bonds is 6. The molecular formula is C21H23N5O2S. The fourth-order valence-corrected chi connectivity index (χ4v) is 4.52. The normalized spacial score (nSPS) is 14.6. The Hall–Kier alpha value is -3.13. The van der Waals surface area contributed by atoms with Crippen molar-refractivity contribution in [2.75, 3.05) is 40.7 Å². The Balaban J connectivity index is 1.35. The maximum absolute atomic E-state index is 12.3. The zero-order chi connectivity index (χ0) is 20.1. The number of aromatic nitrogens is 2. The van der Waals surface area contributed by atoms with E-state index in [0.29, 0.717) is 11.6 Å². The highest BCUT2D eigenvalue weighted by molar-refractivity contribution is 7.91. The molecule has 1 N–H and O–H groups in total.